The van der Waals surface area contributed by atoms with Gasteiger partial charge in [-0.1, -0.05) is 18.2 Å². The van der Waals surface area contributed by atoms with Crippen molar-refractivity contribution in [3.05, 3.63) is 59.9 Å². The van der Waals surface area contributed by atoms with E-state index < -0.39 is 17.6 Å². The third-order valence-corrected chi connectivity index (χ3v) is 3.40. The molecule has 0 aliphatic heterocycles. The number of nitrogens with one attached hydrogen (secondary N) is 1. The number of halogens is 3. The summed E-state index contributed by atoms with van der Waals surface area (Å²) >= 11 is 0. The number of ether oxygens (including phenoxy) is 1. The highest BCUT2D eigenvalue weighted by Crippen LogP contribution is 2.31. The maximum atomic E-state index is 12.7. The van der Waals surface area contributed by atoms with E-state index in [-0.39, 0.29) is 11.4 Å². The molecule has 2 aromatic carbocycles. The Balaban J connectivity index is 1.88. The molecule has 124 valence electrons. The Morgan fingerprint density at radius 3 is 2.58 bits per heavy atom. The fourth-order valence-electron chi connectivity index (χ4n) is 2.27. The van der Waals surface area contributed by atoms with Crippen LogP contribution in [0.1, 0.15) is 16.1 Å². The van der Waals surface area contributed by atoms with E-state index in [0.717, 1.165) is 12.1 Å². The van der Waals surface area contributed by atoms with Gasteiger partial charge < -0.3 is 14.5 Å². The summed E-state index contributed by atoms with van der Waals surface area (Å²) in [6.07, 6.45) is -4.48. The number of hydrogen-bond donors (Lipinski definition) is 1. The number of benzene rings is 2. The van der Waals surface area contributed by atoms with Gasteiger partial charge >= 0.3 is 6.18 Å². The van der Waals surface area contributed by atoms with Crippen molar-refractivity contribution in [2.75, 3.05) is 12.4 Å². The standard InChI is InChI=1S/C17H12F3NO3/c1-23-13-7-2-4-10-8-14(24-15(10)13)16(22)21-12-6-3-5-11(9-12)17(18,19)20/h2-9H,1H3,(H,21,22). The second-order valence-electron chi connectivity index (χ2n) is 5.02. The molecule has 1 N–H and O–H groups in total. The highest BCUT2D eigenvalue weighted by atomic mass is 19.4. The van der Waals surface area contributed by atoms with Gasteiger partial charge in [0, 0.05) is 11.1 Å². The number of carbonyl (C=O) groups is 1. The lowest BCUT2D eigenvalue weighted by atomic mass is 10.2. The number of hydrogen-bond acceptors (Lipinski definition) is 3. The molecule has 0 saturated carbocycles. The Morgan fingerprint density at radius 2 is 1.88 bits per heavy atom. The summed E-state index contributed by atoms with van der Waals surface area (Å²) in [7, 11) is 1.47. The normalized spacial score (nSPS) is 11.5. The Hall–Kier alpha value is -2.96. The Labute approximate surface area is 134 Å². The Kier molecular flexibility index (Phi) is 3.92. The van der Waals surface area contributed by atoms with Crippen molar-refractivity contribution in [3.63, 3.8) is 0 Å². The molecule has 0 aliphatic carbocycles. The zero-order chi connectivity index (χ0) is 17.3. The van der Waals surface area contributed by atoms with Crippen molar-refractivity contribution in [1.82, 2.24) is 0 Å². The number of furan rings is 1. The van der Waals surface area contributed by atoms with Crippen LogP contribution in [0.3, 0.4) is 0 Å². The lowest BCUT2D eigenvalue weighted by molar-refractivity contribution is -0.137. The monoisotopic (exact) mass is 335 g/mol. The van der Waals surface area contributed by atoms with Crippen LogP contribution in [0, 0.1) is 0 Å². The van der Waals surface area contributed by atoms with E-state index in [1.165, 1.54) is 25.3 Å². The van der Waals surface area contributed by atoms with E-state index in [9.17, 15) is 18.0 Å². The number of fused-ring (bicyclic) bond motifs is 1. The third-order valence-electron chi connectivity index (χ3n) is 3.40. The molecule has 0 atom stereocenters. The zero-order valence-electron chi connectivity index (χ0n) is 12.5. The molecule has 7 heteroatoms. The average Bonchev–Trinajstić information content (AvgIpc) is 2.98. The lowest BCUT2D eigenvalue weighted by Gasteiger charge is -2.09. The maximum absolute atomic E-state index is 12.7. The molecular weight excluding hydrogens is 323 g/mol. The van der Waals surface area contributed by atoms with Crippen LogP contribution in [0.4, 0.5) is 18.9 Å². The lowest BCUT2D eigenvalue weighted by Crippen LogP contribution is -2.12. The van der Waals surface area contributed by atoms with Crippen molar-refractivity contribution < 1.29 is 27.1 Å². The molecule has 0 spiro atoms. The van der Waals surface area contributed by atoms with E-state index >= 15 is 0 Å². The number of methoxy groups -OCH3 is 1. The first-order valence-electron chi connectivity index (χ1n) is 6.93. The van der Waals surface area contributed by atoms with Gasteiger partial charge in [-0.2, -0.15) is 13.2 Å². The van der Waals surface area contributed by atoms with Crippen LogP contribution in [-0.4, -0.2) is 13.0 Å². The number of amides is 1. The van der Waals surface area contributed by atoms with Crippen LogP contribution in [0.5, 0.6) is 5.75 Å². The second-order valence-corrected chi connectivity index (χ2v) is 5.02. The molecule has 3 rings (SSSR count). The van der Waals surface area contributed by atoms with Crippen molar-refractivity contribution in [2.45, 2.75) is 6.18 Å². The van der Waals surface area contributed by atoms with Crippen LogP contribution in [0.15, 0.2) is 52.9 Å². The third kappa shape index (κ3) is 3.05. The molecule has 0 radical (unpaired) electrons. The van der Waals surface area contributed by atoms with Crippen LogP contribution >= 0.6 is 0 Å². The van der Waals surface area contributed by atoms with Crippen molar-refractivity contribution in [2.24, 2.45) is 0 Å². The van der Waals surface area contributed by atoms with Gasteiger partial charge in [0.1, 0.15) is 0 Å². The molecule has 0 fully saturated rings. The summed E-state index contributed by atoms with van der Waals surface area (Å²) in [4.78, 5) is 12.2. The second kappa shape index (κ2) is 5.92. The highest BCUT2D eigenvalue weighted by Gasteiger charge is 2.30. The smallest absolute Gasteiger partial charge is 0.416 e. The molecule has 0 unspecified atom stereocenters. The molecule has 24 heavy (non-hydrogen) atoms. The zero-order valence-corrected chi connectivity index (χ0v) is 12.5. The summed E-state index contributed by atoms with van der Waals surface area (Å²) in [6.45, 7) is 0. The molecule has 1 aromatic heterocycles. The minimum Gasteiger partial charge on any atom is -0.493 e. The van der Waals surface area contributed by atoms with Gasteiger partial charge in [-0.25, -0.2) is 0 Å². The number of para-hydroxylation sites is 1. The molecule has 3 aromatic rings. The topological polar surface area (TPSA) is 51.5 Å². The summed E-state index contributed by atoms with van der Waals surface area (Å²) in [5.41, 5.74) is -0.414. The first-order chi connectivity index (χ1) is 11.4. The summed E-state index contributed by atoms with van der Waals surface area (Å²) in [5.74, 6) is -0.204. The SMILES string of the molecule is COc1cccc2cc(C(=O)Nc3cccc(C(F)(F)F)c3)oc12. The largest absolute Gasteiger partial charge is 0.493 e. The van der Waals surface area contributed by atoms with E-state index in [0.29, 0.717) is 16.7 Å². The van der Waals surface area contributed by atoms with E-state index in [4.69, 9.17) is 9.15 Å². The number of anilines is 1. The van der Waals surface area contributed by atoms with Crippen molar-refractivity contribution in [3.8, 4) is 5.75 Å². The molecule has 1 amide bonds. The Bertz CT molecular complexity index is 899. The minimum absolute atomic E-state index is 0.0214. The van der Waals surface area contributed by atoms with Crippen LogP contribution in [0.25, 0.3) is 11.0 Å². The first-order valence-corrected chi connectivity index (χ1v) is 6.93. The van der Waals surface area contributed by atoms with Gasteiger partial charge in [-0.15, -0.1) is 0 Å². The number of alkyl halides is 3. The highest BCUT2D eigenvalue weighted by molar-refractivity contribution is 6.05. The Morgan fingerprint density at radius 1 is 1.12 bits per heavy atom. The summed E-state index contributed by atoms with van der Waals surface area (Å²) in [6, 6.07) is 11.0. The molecule has 1 heterocycles. The molecule has 0 saturated heterocycles. The molecule has 4 nitrogen and oxygen atoms in total. The van der Waals surface area contributed by atoms with Crippen molar-refractivity contribution >= 4 is 22.6 Å². The van der Waals surface area contributed by atoms with E-state index in [1.807, 2.05) is 0 Å². The number of carbonyl (C=O) groups excluding carboxylic acids is 1. The molecule has 0 bridgehead atoms. The van der Waals surface area contributed by atoms with Gasteiger partial charge in [-0.3, -0.25) is 4.79 Å². The van der Waals surface area contributed by atoms with Crippen molar-refractivity contribution in [1.29, 1.82) is 0 Å². The predicted octanol–water partition coefficient (Wildman–Crippen LogP) is 4.71. The fraction of sp³-hybridized carbons (Fsp3) is 0.118. The average molecular weight is 335 g/mol. The van der Waals surface area contributed by atoms with E-state index in [1.54, 1.807) is 18.2 Å². The molecule has 0 aliphatic rings. The summed E-state index contributed by atoms with van der Waals surface area (Å²) in [5, 5.41) is 3.05. The molecular formula is C17H12F3NO3. The maximum Gasteiger partial charge on any atom is 0.416 e. The van der Waals surface area contributed by atoms with Gasteiger partial charge in [0.05, 0.1) is 12.7 Å². The summed E-state index contributed by atoms with van der Waals surface area (Å²) < 4.78 is 48.7. The predicted molar refractivity (Wildman–Crippen MR) is 82.2 cm³/mol. The van der Waals surface area contributed by atoms with Crippen LogP contribution < -0.4 is 10.1 Å². The quantitative estimate of drug-likeness (QED) is 0.754. The van der Waals surface area contributed by atoms with Crippen LogP contribution in [-0.2, 0) is 6.18 Å². The van der Waals surface area contributed by atoms with Crippen LogP contribution in [0.2, 0.25) is 0 Å². The van der Waals surface area contributed by atoms with Gasteiger partial charge in [-0.05, 0) is 30.3 Å². The van der Waals surface area contributed by atoms with Gasteiger partial charge in [0.15, 0.2) is 17.1 Å². The van der Waals surface area contributed by atoms with Gasteiger partial charge in [0.2, 0.25) is 0 Å². The fourth-order valence-corrected chi connectivity index (χ4v) is 2.27. The van der Waals surface area contributed by atoms with E-state index in [2.05, 4.69) is 5.32 Å². The first kappa shape index (κ1) is 15.9. The minimum atomic E-state index is -4.48. The number of rotatable bonds is 3. The van der Waals surface area contributed by atoms with Gasteiger partial charge in [0.25, 0.3) is 5.91 Å².